The quantitative estimate of drug-likeness (QED) is 0.447. The molecule has 0 aliphatic heterocycles. The molecule has 4 aromatic rings. The number of thioether (sulfide) groups is 1. The Bertz CT molecular complexity index is 1090. The van der Waals surface area contributed by atoms with Crippen LogP contribution in [0.2, 0.25) is 0 Å². The highest BCUT2D eigenvalue weighted by molar-refractivity contribution is 7.98. The predicted octanol–water partition coefficient (Wildman–Crippen LogP) is 4.53. The van der Waals surface area contributed by atoms with Crippen LogP contribution in [-0.2, 0) is 19.2 Å². The molecule has 2 aromatic carbocycles. The van der Waals surface area contributed by atoms with Crippen molar-refractivity contribution in [2.45, 2.75) is 24.3 Å². The molecule has 0 saturated carbocycles. The summed E-state index contributed by atoms with van der Waals surface area (Å²) in [4.78, 5) is 4.44. The average molecular weight is 395 g/mol. The summed E-state index contributed by atoms with van der Waals surface area (Å²) in [5.74, 6) is 1.65. The maximum absolute atomic E-state index is 14.0. The molecule has 2 heterocycles. The highest BCUT2D eigenvalue weighted by atomic mass is 32.2. The third-order valence-corrected chi connectivity index (χ3v) is 5.37. The largest absolute Gasteiger partial charge is 0.338 e. The summed E-state index contributed by atoms with van der Waals surface area (Å²) in [6.07, 6.45) is 0.987. The topological polar surface area (TPSA) is 69.6 Å². The number of nitrogens with zero attached hydrogens (tertiary/aromatic N) is 5. The number of hydrogen-bond donors (Lipinski definition) is 0. The summed E-state index contributed by atoms with van der Waals surface area (Å²) in [6, 6.07) is 14.6. The van der Waals surface area contributed by atoms with Gasteiger partial charge in [-0.05, 0) is 24.1 Å². The predicted molar refractivity (Wildman–Crippen MR) is 105 cm³/mol. The molecule has 0 fully saturated rings. The summed E-state index contributed by atoms with van der Waals surface area (Å²) in [7, 11) is 1.80. The fraction of sp³-hybridized carbons (Fsp3) is 0.200. The molecule has 28 heavy (non-hydrogen) atoms. The van der Waals surface area contributed by atoms with Crippen molar-refractivity contribution < 1.29 is 8.91 Å². The van der Waals surface area contributed by atoms with E-state index in [-0.39, 0.29) is 5.82 Å². The van der Waals surface area contributed by atoms with Gasteiger partial charge >= 0.3 is 0 Å². The molecular weight excluding hydrogens is 377 g/mol. The van der Waals surface area contributed by atoms with Gasteiger partial charge in [0.25, 0.3) is 0 Å². The van der Waals surface area contributed by atoms with E-state index in [9.17, 15) is 4.39 Å². The molecule has 0 N–H and O–H groups in total. The van der Waals surface area contributed by atoms with E-state index in [2.05, 4.69) is 39.4 Å². The van der Waals surface area contributed by atoms with Gasteiger partial charge in [-0.2, -0.15) is 4.98 Å². The smallest absolute Gasteiger partial charge is 0.237 e. The van der Waals surface area contributed by atoms with Crippen molar-refractivity contribution in [1.82, 2.24) is 24.9 Å². The summed E-state index contributed by atoms with van der Waals surface area (Å²) in [6.45, 7) is 2.11. The van der Waals surface area contributed by atoms with Crippen LogP contribution in [0.25, 0.3) is 22.8 Å². The molecule has 0 aliphatic carbocycles. The molecule has 0 amide bonds. The van der Waals surface area contributed by atoms with Crippen LogP contribution < -0.4 is 0 Å². The van der Waals surface area contributed by atoms with Crippen molar-refractivity contribution in [3.05, 3.63) is 65.8 Å². The molecule has 0 unspecified atom stereocenters. The zero-order valence-corrected chi connectivity index (χ0v) is 16.3. The van der Waals surface area contributed by atoms with Gasteiger partial charge < -0.3 is 9.09 Å². The number of rotatable bonds is 6. The van der Waals surface area contributed by atoms with Crippen LogP contribution >= 0.6 is 11.8 Å². The molecular formula is C20H18FN5OS. The highest BCUT2D eigenvalue weighted by Crippen LogP contribution is 2.27. The van der Waals surface area contributed by atoms with Crippen LogP contribution in [0.1, 0.15) is 18.4 Å². The van der Waals surface area contributed by atoms with Gasteiger partial charge in [-0.3, -0.25) is 0 Å². The Kier molecular flexibility index (Phi) is 5.21. The Balaban J connectivity index is 1.47. The molecule has 4 rings (SSSR count). The second kappa shape index (κ2) is 7.93. The van der Waals surface area contributed by atoms with Gasteiger partial charge in [0, 0.05) is 12.6 Å². The summed E-state index contributed by atoms with van der Waals surface area (Å²) < 4.78 is 21.1. The summed E-state index contributed by atoms with van der Waals surface area (Å²) in [5, 5.41) is 13.0. The average Bonchev–Trinajstić information content (AvgIpc) is 3.34. The molecule has 2 aromatic heterocycles. The van der Waals surface area contributed by atoms with Crippen molar-refractivity contribution in [3.63, 3.8) is 0 Å². The Morgan fingerprint density at radius 1 is 1.07 bits per heavy atom. The normalized spacial score (nSPS) is 11.1. The fourth-order valence-corrected chi connectivity index (χ4v) is 3.51. The molecule has 8 heteroatoms. The lowest BCUT2D eigenvalue weighted by molar-refractivity contribution is 0.391. The van der Waals surface area contributed by atoms with Crippen molar-refractivity contribution in [3.8, 4) is 22.8 Å². The lowest BCUT2D eigenvalue weighted by atomic mass is 10.1. The van der Waals surface area contributed by atoms with Gasteiger partial charge in [0.2, 0.25) is 11.7 Å². The zero-order chi connectivity index (χ0) is 19.5. The first-order valence-corrected chi connectivity index (χ1v) is 9.83. The Labute approximate surface area is 165 Å². The first-order chi connectivity index (χ1) is 13.7. The Morgan fingerprint density at radius 3 is 2.61 bits per heavy atom. The molecule has 0 radical (unpaired) electrons. The van der Waals surface area contributed by atoms with Gasteiger partial charge in [-0.1, -0.05) is 60.2 Å². The fourth-order valence-electron chi connectivity index (χ4n) is 2.76. The van der Waals surface area contributed by atoms with E-state index < -0.39 is 0 Å². The van der Waals surface area contributed by atoms with Crippen LogP contribution in [0.15, 0.2) is 58.2 Å². The summed E-state index contributed by atoms with van der Waals surface area (Å²) >= 11 is 1.41. The van der Waals surface area contributed by atoms with Gasteiger partial charge in [0.1, 0.15) is 5.82 Å². The number of halogens is 1. The molecule has 0 atom stereocenters. The van der Waals surface area contributed by atoms with Crippen molar-refractivity contribution in [1.29, 1.82) is 0 Å². The molecule has 0 bridgehead atoms. The van der Waals surface area contributed by atoms with Crippen LogP contribution in [0, 0.1) is 5.82 Å². The van der Waals surface area contributed by atoms with Crippen molar-refractivity contribution in [2.75, 3.05) is 0 Å². The van der Waals surface area contributed by atoms with E-state index in [0.29, 0.717) is 34.0 Å². The maximum atomic E-state index is 14.0. The van der Waals surface area contributed by atoms with E-state index >= 15 is 0 Å². The lowest BCUT2D eigenvalue weighted by Gasteiger charge is -2.03. The molecule has 6 nitrogen and oxygen atoms in total. The minimum atomic E-state index is -0.329. The van der Waals surface area contributed by atoms with E-state index in [0.717, 1.165) is 12.0 Å². The standard InChI is InChI=1S/C20H18FN5OS/c1-3-13-8-10-14(11-9-13)18-22-17(27-25-18)12-28-20-24-23-19(26(20)2)15-6-4-5-7-16(15)21/h4-11H,3,12H2,1-2H3. The molecule has 142 valence electrons. The van der Waals surface area contributed by atoms with Gasteiger partial charge in [0.15, 0.2) is 11.0 Å². The van der Waals surface area contributed by atoms with Crippen LogP contribution in [0.3, 0.4) is 0 Å². The number of aryl methyl sites for hydroxylation is 1. The monoisotopic (exact) mass is 395 g/mol. The second-order valence-electron chi connectivity index (χ2n) is 6.20. The second-order valence-corrected chi connectivity index (χ2v) is 7.14. The third kappa shape index (κ3) is 3.68. The number of benzene rings is 2. The molecule has 0 aliphatic rings. The van der Waals surface area contributed by atoms with E-state index in [1.165, 1.54) is 23.4 Å². The van der Waals surface area contributed by atoms with E-state index in [1.54, 1.807) is 29.8 Å². The van der Waals surface area contributed by atoms with Gasteiger partial charge in [0.05, 0.1) is 11.3 Å². The zero-order valence-electron chi connectivity index (χ0n) is 15.5. The third-order valence-electron chi connectivity index (χ3n) is 4.36. The Hall–Kier alpha value is -3.00. The van der Waals surface area contributed by atoms with Gasteiger partial charge in [-0.15, -0.1) is 10.2 Å². The molecule has 0 saturated heterocycles. The minimum absolute atomic E-state index is 0.329. The highest BCUT2D eigenvalue weighted by Gasteiger charge is 2.16. The van der Waals surface area contributed by atoms with Crippen LogP contribution in [-0.4, -0.2) is 24.9 Å². The number of hydrogen-bond acceptors (Lipinski definition) is 6. The SMILES string of the molecule is CCc1ccc(-c2noc(CSc3nnc(-c4ccccc4F)n3C)n2)cc1. The van der Waals surface area contributed by atoms with Crippen molar-refractivity contribution in [2.24, 2.45) is 7.05 Å². The number of aromatic nitrogens is 5. The first kappa shape index (κ1) is 18.4. The molecule has 0 spiro atoms. The Morgan fingerprint density at radius 2 is 1.86 bits per heavy atom. The van der Waals surface area contributed by atoms with Gasteiger partial charge in [-0.25, -0.2) is 4.39 Å². The van der Waals surface area contributed by atoms with Crippen LogP contribution in [0.4, 0.5) is 4.39 Å². The van der Waals surface area contributed by atoms with E-state index in [1.807, 2.05) is 12.1 Å². The summed E-state index contributed by atoms with van der Waals surface area (Å²) in [5.41, 5.74) is 2.59. The van der Waals surface area contributed by atoms with Crippen molar-refractivity contribution >= 4 is 11.8 Å². The minimum Gasteiger partial charge on any atom is -0.338 e. The van der Waals surface area contributed by atoms with E-state index in [4.69, 9.17) is 4.52 Å². The van der Waals surface area contributed by atoms with Crippen LogP contribution in [0.5, 0.6) is 0 Å². The first-order valence-electron chi connectivity index (χ1n) is 8.84. The lowest BCUT2D eigenvalue weighted by Crippen LogP contribution is -1.96. The maximum Gasteiger partial charge on any atom is 0.237 e.